The first-order chi connectivity index (χ1) is 11.3. The van der Waals surface area contributed by atoms with Crippen LogP contribution >= 0.6 is 0 Å². The fourth-order valence-corrected chi connectivity index (χ4v) is 2.39. The molecule has 0 bridgehead atoms. The fourth-order valence-electron chi connectivity index (χ4n) is 2.39. The van der Waals surface area contributed by atoms with E-state index in [4.69, 9.17) is 5.26 Å². The minimum absolute atomic E-state index is 0.00791. The molecule has 8 heteroatoms. The number of Topliss-reactive ketones (excluding diaryl/α,β-unsaturated/α-hetero) is 1. The van der Waals surface area contributed by atoms with E-state index in [1.807, 2.05) is 6.07 Å². The van der Waals surface area contributed by atoms with Gasteiger partial charge in [-0.15, -0.1) is 13.2 Å². The third-order valence-corrected chi connectivity index (χ3v) is 3.35. The van der Waals surface area contributed by atoms with Crippen LogP contribution in [0.5, 0.6) is 5.75 Å². The number of carbonyl (C=O) groups is 1. The Balaban J connectivity index is 2.07. The van der Waals surface area contributed by atoms with Crippen LogP contribution in [0.2, 0.25) is 0 Å². The van der Waals surface area contributed by atoms with E-state index in [1.165, 1.54) is 30.3 Å². The maximum Gasteiger partial charge on any atom is 0.573 e. The number of nitrogens with zero attached hydrogens (tertiary/aromatic N) is 2. The third-order valence-electron chi connectivity index (χ3n) is 3.35. The Morgan fingerprint density at radius 1 is 1.17 bits per heavy atom. The number of fused-ring (bicyclic) bond motifs is 1. The van der Waals surface area contributed by atoms with E-state index >= 15 is 0 Å². The van der Waals surface area contributed by atoms with Crippen molar-refractivity contribution < 1.29 is 27.4 Å². The molecule has 0 unspecified atom stereocenters. The molecular weight excluding hydrogens is 325 g/mol. The van der Waals surface area contributed by atoms with Gasteiger partial charge in [-0.3, -0.25) is 4.79 Å². The molecule has 1 aliphatic heterocycles. The van der Waals surface area contributed by atoms with Gasteiger partial charge in [0.1, 0.15) is 11.3 Å². The van der Waals surface area contributed by atoms with E-state index in [-0.39, 0.29) is 28.1 Å². The zero-order chi connectivity index (χ0) is 17.5. The molecule has 24 heavy (non-hydrogen) atoms. The maximum atomic E-state index is 12.4. The molecule has 0 saturated heterocycles. The first kappa shape index (κ1) is 15.6. The maximum absolute atomic E-state index is 12.4. The summed E-state index contributed by atoms with van der Waals surface area (Å²) in [7, 11) is 0. The van der Waals surface area contributed by atoms with E-state index in [0.29, 0.717) is 4.74 Å². The lowest BCUT2D eigenvalue weighted by molar-refractivity contribution is -0.355. The van der Waals surface area contributed by atoms with Crippen molar-refractivity contribution >= 4 is 17.2 Å². The van der Waals surface area contributed by atoms with Gasteiger partial charge >= 0.3 is 6.36 Å². The number of hydrogen-bond donors (Lipinski definition) is 0. The van der Waals surface area contributed by atoms with Crippen LogP contribution in [0.3, 0.4) is 0 Å². The number of nitriles is 1. The third kappa shape index (κ3) is 2.67. The summed E-state index contributed by atoms with van der Waals surface area (Å²) in [5.74, 6) is -1.17. The Morgan fingerprint density at radius 3 is 2.58 bits per heavy atom. The summed E-state index contributed by atoms with van der Waals surface area (Å²) in [5.41, 5.74) is -0.0747. The summed E-state index contributed by atoms with van der Waals surface area (Å²) in [6.45, 7) is 0. The lowest BCUT2D eigenvalue weighted by Crippen LogP contribution is -2.19. The first-order valence-electron chi connectivity index (χ1n) is 6.59. The van der Waals surface area contributed by atoms with Crippen molar-refractivity contribution in [3.8, 4) is 11.8 Å². The average molecular weight is 332 g/mol. The predicted molar refractivity (Wildman–Crippen MR) is 76.0 cm³/mol. The molecule has 0 amide bonds. The molecule has 0 saturated carbocycles. The van der Waals surface area contributed by atoms with Crippen molar-refractivity contribution in [3.05, 3.63) is 64.4 Å². The van der Waals surface area contributed by atoms with Gasteiger partial charge in [0, 0.05) is 6.07 Å². The van der Waals surface area contributed by atoms with Crippen molar-refractivity contribution in [3.63, 3.8) is 0 Å². The van der Waals surface area contributed by atoms with Crippen molar-refractivity contribution in [2.24, 2.45) is 0 Å². The van der Waals surface area contributed by atoms with E-state index in [2.05, 4.69) is 4.74 Å². The highest BCUT2D eigenvalue weighted by Crippen LogP contribution is 2.30. The van der Waals surface area contributed by atoms with Gasteiger partial charge < -0.3 is 9.94 Å². The van der Waals surface area contributed by atoms with Crippen LogP contribution < -0.4 is 4.74 Å². The molecule has 0 N–H and O–H groups in total. The highest BCUT2D eigenvalue weighted by atomic mass is 19.4. The van der Waals surface area contributed by atoms with Crippen molar-refractivity contribution in [2.45, 2.75) is 6.36 Å². The second-order valence-electron chi connectivity index (χ2n) is 4.89. The van der Waals surface area contributed by atoms with E-state index in [1.54, 1.807) is 0 Å². The molecule has 0 aromatic heterocycles. The number of halogens is 3. The molecule has 1 aliphatic rings. The molecule has 1 heterocycles. The standard InChI is InChI=1S/C16H7F3N2O3/c17-16(18,19)24-11-3-1-2-10(7-11)14-15(22)12-5-4-9(8-20)6-13(12)21(14)23/h1-7H. The quantitative estimate of drug-likeness (QED) is 0.625. The Hall–Kier alpha value is -3.34. The highest BCUT2D eigenvalue weighted by Gasteiger charge is 2.37. The number of alkyl halides is 3. The summed E-state index contributed by atoms with van der Waals surface area (Å²) < 4.78 is 41.0. The van der Waals surface area contributed by atoms with Gasteiger partial charge in [-0.1, -0.05) is 6.07 Å². The molecule has 0 spiro atoms. The van der Waals surface area contributed by atoms with Crippen molar-refractivity contribution in [1.29, 1.82) is 5.26 Å². The van der Waals surface area contributed by atoms with Crippen LogP contribution in [0.4, 0.5) is 18.9 Å². The zero-order valence-corrected chi connectivity index (χ0v) is 11.8. The number of ketones is 1. The summed E-state index contributed by atoms with van der Waals surface area (Å²) >= 11 is 0. The SMILES string of the molecule is N#Cc1ccc2c(c1)[N+]([O-])=C(c1cccc(OC(F)(F)F)c1)C2=O. The monoisotopic (exact) mass is 332 g/mol. The molecule has 0 aliphatic carbocycles. The number of benzene rings is 2. The molecule has 3 rings (SSSR count). The molecule has 0 radical (unpaired) electrons. The van der Waals surface area contributed by atoms with Gasteiger partial charge in [0.15, 0.2) is 0 Å². The lowest BCUT2D eigenvalue weighted by Gasteiger charge is -2.09. The topological polar surface area (TPSA) is 76.2 Å². The summed E-state index contributed by atoms with van der Waals surface area (Å²) in [4.78, 5) is 12.4. The number of rotatable bonds is 2. The van der Waals surface area contributed by atoms with E-state index < -0.39 is 17.9 Å². The van der Waals surface area contributed by atoms with Crippen LogP contribution in [0, 0.1) is 16.5 Å². The van der Waals surface area contributed by atoms with Crippen molar-refractivity contribution in [2.75, 3.05) is 0 Å². The Kier molecular flexibility index (Phi) is 3.49. The Bertz CT molecular complexity index is 927. The Morgan fingerprint density at radius 2 is 1.92 bits per heavy atom. The van der Waals surface area contributed by atoms with Gasteiger partial charge in [0.05, 0.1) is 17.2 Å². The summed E-state index contributed by atoms with van der Waals surface area (Å²) in [6.07, 6.45) is -4.88. The smallest absolute Gasteiger partial charge is 0.573 e. The molecule has 0 fully saturated rings. The molecule has 2 aromatic rings. The van der Waals surface area contributed by atoms with Gasteiger partial charge in [-0.2, -0.15) is 10.0 Å². The fraction of sp³-hybridized carbons (Fsp3) is 0.0625. The van der Waals surface area contributed by atoms with Crippen LogP contribution in [0.25, 0.3) is 0 Å². The minimum atomic E-state index is -4.88. The summed E-state index contributed by atoms with van der Waals surface area (Å²) in [6, 6.07) is 10.4. The Labute approximate surface area is 133 Å². The molecule has 5 nitrogen and oxygen atoms in total. The second kappa shape index (κ2) is 5.38. The van der Waals surface area contributed by atoms with Crippen LogP contribution in [0.1, 0.15) is 21.5 Å². The number of ether oxygens (including phenoxy) is 1. The van der Waals surface area contributed by atoms with Crippen LogP contribution in [-0.4, -0.2) is 22.6 Å². The molecule has 0 atom stereocenters. The average Bonchev–Trinajstić information content (AvgIpc) is 2.77. The van der Waals surface area contributed by atoms with Crippen LogP contribution in [0.15, 0.2) is 42.5 Å². The zero-order valence-electron chi connectivity index (χ0n) is 11.8. The predicted octanol–water partition coefficient (Wildman–Crippen LogP) is 3.28. The normalized spacial score (nSPS) is 13.7. The minimum Gasteiger partial charge on any atom is -0.618 e. The largest absolute Gasteiger partial charge is 0.618 e. The molecular formula is C16H7F3N2O3. The van der Waals surface area contributed by atoms with Crippen LogP contribution in [-0.2, 0) is 0 Å². The molecule has 120 valence electrons. The van der Waals surface area contributed by atoms with Gasteiger partial charge in [0.25, 0.3) is 11.5 Å². The highest BCUT2D eigenvalue weighted by molar-refractivity contribution is 6.52. The second-order valence-corrected chi connectivity index (χ2v) is 4.89. The van der Waals surface area contributed by atoms with E-state index in [9.17, 15) is 23.2 Å². The first-order valence-corrected chi connectivity index (χ1v) is 6.59. The van der Waals surface area contributed by atoms with E-state index in [0.717, 1.165) is 12.1 Å². The van der Waals surface area contributed by atoms with Gasteiger partial charge in [-0.25, -0.2) is 0 Å². The van der Waals surface area contributed by atoms with Crippen molar-refractivity contribution in [1.82, 2.24) is 0 Å². The number of hydrogen-bond acceptors (Lipinski definition) is 4. The number of carbonyl (C=O) groups excluding carboxylic acids is 1. The molecule has 2 aromatic carbocycles. The lowest BCUT2D eigenvalue weighted by atomic mass is 10.0. The summed E-state index contributed by atoms with van der Waals surface area (Å²) in [5, 5.41) is 21.2. The van der Waals surface area contributed by atoms with Gasteiger partial charge in [0.2, 0.25) is 5.69 Å². The van der Waals surface area contributed by atoms with Gasteiger partial charge in [-0.05, 0) is 30.3 Å².